The van der Waals surface area contributed by atoms with E-state index in [2.05, 4.69) is 6.92 Å². The third kappa shape index (κ3) is 6.46. The molecule has 0 bridgehead atoms. The summed E-state index contributed by atoms with van der Waals surface area (Å²) in [5.74, 6) is 0.536. The molecular weight excluding hydrogens is 307 g/mol. The molecule has 0 spiro atoms. The summed E-state index contributed by atoms with van der Waals surface area (Å²) in [6.07, 6.45) is 8.77. The Morgan fingerprint density at radius 1 is 1.00 bits per heavy atom. The molecule has 0 saturated heterocycles. The monoisotopic (exact) mass is 332 g/mol. The number of benzene rings is 1. The Balaban J connectivity index is 2.38. The molecule has 1 aromatic carbocycles. The predicted octanol–water partition coefficient (Wildman–Crippen LogP) is 6.18. The van der Waals surface area contributed by atoms with Crippen molar-refractivity contribution in [1.82, 2.24) is 0 Å². The lowest BCUT2D eigenvalue weighted by Crippen LogP contribution is -1.99. The molecule has 120 valence electrons. The topological polar surface area (TPSA) is 29.5 Å². The van der Waals surface area contributed by atoms with E-state index in [4.69, 9.17) is 27.9 Å². The molecule has 0 heterocycles. The zero-order valence-electron chi connectivity index (χ0n) is 13.0. The lowest BCUT2D eigenvalue weighted by molar-refractivity contribution is 0.163. The van der Waals surface area contributed by atoms with Gasteiger partial charge >= 0.3 is 0 Å². The zero-order valence-corrected chi connectivity index (χ0v) is 14.5. The van der Waals surface area contributed by atoms with Crippen LogP contribution in [0.25, 0.3) is 0 Å². The third-order valence-electron chi connectivity index (χ3n) is 3.71. The first-order chi connectivity index (χ1) is 10.1. The van der Waals surface area contributed by atoms with Crippen molar-refractivity contribution in [3.63, 3.8) is 0 Å². The molecule has 0 aromatic heterocycles. The minimum atomic E-state index is -0.559. The van der Waals surface area contributed by atoms with E-state index in [0.29, 0.717) is 21.4 Å². The van der Waals surface area contributed by atoms with E-state index in [1.54, 1.807) is 19.2 Å². The van der Waals surface area contributed by atoms with E-state index in [0.717, 1.165) is 19.3 Å². The van der Waals surface area contributed by atoms with Crippen molar-refractivity contribution in [2.75, 3.05) is 7.11 Å². The van der Waals surface area contributed by atoms with E-state index in [9.17, 15) is 5.11 Å². The van der Waals surface area contributed by atoms with Gasteiger partial charge < -0.3 is 9.84 Å². The van der Waals surface area contributed by atoms with Crippen LogP contribution in [0.4, 0.5) is 0 Å². The number of methoxy groups -OCH3 is 1. The number of hydrogen-bond donors (Lipinski definition) is 1. The van der Waals surface area contributed by atoms with Gasteiger partial charge in [0.25, 0.3) is 0 Å². The molecule has 2 nitrogen and oxygen atoms in total. The highest BCUT2D eigenvalue weighted by Gasteiger charge is 2.14. The van der Waals surface area contributed by atoms with Crippen LogP contribution in [0.15, 0.2) is 12.1 Å². The summed E-state index contributed by atoms with van der Waals surface area (Å²) >= 11 is 12.3. The molecule has 1 atom stereocenters. The normalized spacial score (nSPS) is 12.4. The zero-order chi connectivity index (χ0) is 15.7. The molecule has 0 fully saturated rings. The van der Waals surface area contributed by atoms with Gasteiger partial charge in [0.1, 0.15) is 5.75 Å². The summed E-state index contributed by atoms with van der Waals surface area (Å²) in [5.41, 5.74) is 0.688. The van der Waals surface area contributed by atoms with Crippen LogP contribution < -0.4 is 4.74 Å². The Morgan fingerprint density at radius 2 is 1.62 bits per heavy atom. The Hall–Kier alpha value is -0.440. The number of aliphatic hydroxyl groups excluding tert-OH is 1. The molecule has 21 heavy (non-hydrogen) atoms. The molecule has 1 rings (SSSR count). The van der Waals surface area contributed by atoms with Gasteiger partial charge in [0.15, 0.2) is 0 Å². The average molecular weight is 333 g/mol. The molecule has 0 saturated carbocycles. The highest BCUT2D eigenvalue weighted by molar-refractivity contribution is 6.34. The Kier molecular flexibility index (Phi) is 9.14. The number of unbranched alkanes of at least 4 members (excludes halogenated alkanes) is 6. The molecule has 0 aliphatic heterocycles. The number of halogens is 2. The summed E-state index contributed by atoms with van der Waals surface area (Å²) in [7, 11) is 1.55. The lowest BCUT2D eigenvalue weighted by Gasteiger charge is -2.14. The van der Waals surface area contributed by atoms with Gasteiger partial charge in [-0.3, -0.25) is 0 Å². The average Bonchev–Trinajstić information content (AvgIpc) is 2.48. The maximum Gasteiger partial charge on any atom is 0.138 e. The fourth-order valence-electron chi connectivity index (χ4n) is 2.41. The molecule has 0 radical (unpaired) electrons. The predicted molar refractivity (Wildman–Crippen MR) is 90.6 cm³/mol. The van der Waals surface area contributed by atoms with Gasteiger partial charge in [0.05, 0.1) is 23.3 Å². The maximum atomic E-state index is 10.2. The van der Waals surface area contributed by atoms with Gasteiger partial charge in [-0.1, -0.05) is 75.1 Å². The molecular formula is C17H26Cl2O2. The largest absolute Gasteiger partial charge is 0.495 e. The van der Waals surface area contributed by atoms with Crippen molar-refractivity contribution in [3.05, 3.63) is 27.7 Å². The number of hydrogen-bond acceptors (Lipinski definition) is 2. The van der Waals surface area contributed by atoms with Gasteiger partial charge in [-0.2, -0.15) is 0 Å². The number of aliphatic hydroxyl groups is 1. The Bertz CT molecular complexity index is 421. The summed E-state index contributed by atoms with van der Waals surface area (Å²) in [6, 6.07) is 3.36. The van der Waals surface area contributed by atoms with E-state index in [-0.39, 0.29) is 0 Å². The van der Waals surface area contributed by atoms with E-state index in [1.165, 1.54) is 32.1 Å². The van der Waals surface area contributed by atoms with Crippen LogP contribution in [0.3, 0.4) is 0 Å². The van der Waals surface area contributed by atoms with Gasteiger partial charge in [0.2, 0.25) is 0 Å². The molecule has 0 amide bonds. The van der Waals surface area contributed by atoms with E-state index in [1.807, 2.05) is 0 Å². The van der Waals surface area contributed by atoms with Crippen molar-refractivity contribution in [3.8, 4) is 5.75 Å². The molecule has 0 aliphatic carbocycles. The van der Waals surface area contributed by atoms with Crippen LogP contribution in [-0.4, -0.2) is 12.2 Å². The Morgan fingerprint density at radius 3 is 2.24 bits per heavy atom. The van der Waals surface area contributed by atoms with Crippen LogP contribution in [0, 0.1) is 0 Å². The van der Waals surface area contributed by atoms with Crippen molar-refractivity contribution < 1.29 is 9.84 Å². The van der Waals surface area contributed by atoms with Crippen LogP contribution >= 0.6 is 23.2 Å². The van der Waals surface area contributed by atoms with Gasteiger partial charge in [-0.15, -0.1) is 0 Å². The first-order valence-electron chi connectivity index (χ1n) is 7.81. The van der Waals surface area contributed by atoms with Crippen molar-refractivity contribution in [2.24, 2.45) is 0 Å². The first-order valence-corrected chi connectivity index (χ1v) is 8.56. The SMILES string of the molecule is CCCCCCCCCC(O)c1cc(Cl)c(OC)cc1Cl. The molecule has 1 N–H and O–H groups in total. The smallest absolute Gasteiger partial charge is 0.138 e. The minimum Gasteiger partial charge on any atom is -0.495 e. The quantitative estimate of drug-likeness (QED) is 0.518. The van der Waals surface area contributed by atoms with Crippen LogP contribution in [0.2, 0.25) is 10.0 Å². The van der Waals surface area contributed by atoms with Gasteiger partial charge in [-0.05, 0) is 12.5 Å². The standard InChI is InChI=1S/C17H26Cl2O2/c1-3-4-5-6-7-8-9-10-16(20)13-11-15(19)17(21-2)12-14(13)18/h11-12,16,20H,3-10H2,1-2H3. The molecule has 1 unspecified atom stereocenters. The second kappa shape index (κ2) is 10.3. The minimum absolute atomic E-state index is 0.482. The van der Waals surface area contributed by atoms with Crippen molar-refractivity contribution >= 4 is 23.2 Å². The van der Waals surface area contributed by atoms with E-state index >= 15 is 0 Å². The molecule has 0 aliphatic rings. The van der Waals surface area contributed by atoms with Crippen molar-refractivity contribution in [1.29, 1.82) is 0 Å². The lowest BCUT2D eigenvalue weighted by atomic mass is 10.0. The van der Waals surface area contributed by atoms with Crippen LogP contribution in [-0.2, 0) is 0 Å². The van der Waals surface area contributed by atoms with Crippen LogP contribution in [0.1, 0.15) is 70.0 Å². The summed E-state index contributed by atoms with van der Waals surface area (Å²) in [6.45, 7) is 2.22. The summed E-state index contributed by atoms with van der Waals surface area (Å²) < 4.78 is 5.11. The fraction of sp³-hybridized carbons (Fsp3) is 0.647. The highest BCUT2D eigenvalue weighted by atomic mass is 35.5. The number of ether oxygens (including phenoxy) is 1. The second-order valence-electron chi connectivity index (χ2n) is 5.43. The molecule has 1 aromatic rings. The van der Waals surface area contributed by atoms with E-state index < -0.39 is 6.10 Å². The third-order valence-corrected chi connectivity index (χ3v) is 4.33. The fourth-order valence-corrected chi connectivity index (χ4v) is 2.93. The van der Waals surface area contributed by atoms with Crippen LogP contribution in [0.5, 0.6) is 5.75 Å². The Labute approximate surface area is 138 Å². The van der Waals surface area contributed by atoms with Crippen molar-refractivity contribution in [2.45, 2.75) is 64.4 Å². The molecule has 4 heteroatoms. The van der Waals surface area contributed by atoms with Gasteiger partial charge in [0, 0.05) is 11.6 Å². The highest BCUT2D eigenvalue weighted by Crippen LogP contribution is 2.35. The summed E-state index contributed by atoms with van der Waals surface area (Å²) in [5, 5.41) is 11.2. The summed E-state index contributed by atoms with van der Waals surface area (Å²) in [4.78, 5) is 0. The van der Waals surface area contributed by atoms with Gasteiger partial charge in [-0.25, -0.2) is 0 Å². The maximum absolute atomic E-state index is 10.2. The number of rotatable bonds is 10. The second-order valence-corrected chi connectivity index (χ2v) is 6.25. The first kappa shape index (κ1) is 18.6.